The van der Waals surface area contributed by atoms with Crippen LogP contribution in [0, 0.1) is 0 Å². The Morgan fingerprint density at radius 3 is 3.05 bits per heavy atom. The summed E-state index contributed by atoms with van der Waals surface area (Å²) in [6.45, 7) is 3.43. The van der Waals surface area contributed by atoms with Crippen LogP contribution < -0.4 is 4.90 Å². The zero-order chi connectivity index (χ0) is 13.7. The van der Waals surface area contributed by atoms with E-state index in [0.717, 1.165) is 43.6 Å². The first-order valence-corrected chi connectivity index (χ1v) is 7.52. The highest BCUT2D eigenvalue weighted by molar-refractivity contribution is 6.30. The second kappa shape index (κ2) is 7.06. The van der Waals surface area contributed by atoms with Gasteiger partial charge in [-0.1, -0.05) is 24.9 Å². The quantitative estimate of drug-likeness (QED) is 0.816. The number of aliphatic hydroxyl groups excluding tert-OH is 1. The second-order valence-electron chi connectivity index (χ2n) is 5.07. The van der Waals surface area contributed by atoms with E-state index in [-0.39, 0.29) is 6.61 Å². The Morgan fingerprint density at radius 1 is 1.47 bits per heavy atom. The van der Waals surface area contributed by atoms with E-state index in [0.29, 0.717) is 11.2 Å². The van der Waals surface area contributed by atoms with Gasteiger partial charge in [-0.25, -0.2) is 9.97 Å². The van der Waals surface area contributed by atoms with Gasteiger partial charge in [0, 0.05) is 24.8 Å². The van der Waals surface area contributed by atoms with Gasteiger partial charge in [0.2, 0.25) is 0 Å². The average molecular weight is 284 g/mol. The van der Waals surface area contributed by atoms with Gasteiger partial charge in [-0.3, -0.25) is 0 Å². The maximum absolute atomic E-state index is 9.00. The molecule has 0 radical (unpaired) electrons. The summed E-state index contributed by atoms with van der Waals surface area (Å²) < 4.78 is 0. The van der Waals surface area contributed by atoms with Gasteiger partial charge in [0.25, 0.3) is 0 Å². The molecule has 1 aliphatic rings. The molecule has 0 spiro atoms. The molecule has 2 rings (SSSR count). The maximum Gasteiger partial charge on any atom is 0.137 e. The number of halogens is 1. The molecule has 19 heavy (non-hydrogen) atoms. The maximum atomic E-state index is 9.00. The van der Waals surface area contributed by atoms with Crippen LogP contribution >= 0.6 is 11.6 Å². The molecule has 0 amide bonds. The summed E-state index contributed by atoms with van der Waals surface area (Å²) >= 11 is 6.22. The van der Waals surface area contributed by atoms with Gasteiger partial charge in [0.15, 0.2) is 0 Å². The molecule has 5 heteroatoms. The number of nitrogens with zero attached hydrogens (tertiary/aromatic N) is 3. The average Bonchev–Trinajstić information content (AvgIpc) is 2.87. The van der Waals surface area contributed by atoms with E-state index < -0.39 is 0 Å². The summed E-state index contributed by atoms with van der Waals surface area (Å²) in [6, 6.07) is 0.480. The molecule has 1 aromatic heterocycles. The Kier molecular flexibility index (Phi) is 5.40. The lowest BCUT2D eigenvalue weighted by molar-refractivity contribution is 0.279. The van der Waals surface area contributed by atoms with Crippen molar-refractivity contribution in [1.82, 2.24) is 9.97 Å². The Bertz CT molecular complexity index is 414. The minimum absolute atomic E-state index is 0.261. The molecule has 0 aliphatic carbocycles. The lowest BCUT2D eigenvalue weighted by Crippen LogP contribution is -2.31. The van der Waals surface area contributed by atoms with Crippen LogP contribution in [0.25, 0.3) is 0 Å². The molecule has 0 bridgehead atoms. The molecule has 1 N–H and O–H groups in total. The SMILES string of the molecule is CCCc1c(Cl)ncnc1N1CCCC1CCCO. The molecular weight excluding hydrogens is 262 g/mol. The molecule has 0 saturated carbocycles. The van der Waals surface area contributed by atoms with Gasteiger partial charge in [-0.2, -0.15) is 0 Å². The molecule has 106 valence electrons. The predicted octanol–water partition coefficient (Wildman–Crippen LogP) is 2.82. The van der Waals surface area contributed by atoms with Crippen molar-refractivity contribution in [3.63, 3.8) is 0 Å². The first kappa shape index (κ1) is 14.5. The molecular formula is C14H22ClN3O. The standard InChI is InChI=1S/C14H22ClN3O/c1-2-5-12-13(15)16-10-17-14(12)18-8-3-6-11(18)7-4-9-19/h10-11,19H,2-9H2,1H3. The number of rotatable bonds is 6. The number of anilines is 1. The highest BCUT2D eigenvalue weighted by Crippen LogP contribution is 2.32. The van der Waals surface area contributed by atoms with Crippen molar-refractivity contribution >= 4 is 17.4 Å². The first-order chi connectivity index (χ1) is 9.27. The molecule has 1 aromatic rings. The van der Waals surface area contributed by atoms with E-state index in [4.69, 9.17) is 16.7 Å². The van der Waals surface area contributed by atoms with Gasteiger partial charge in [-0.15, -0.1) is 0 Å². The van der Waals surface area contributed by atoms with E-state index in [1.807, 2.05) is 0 Å². The van der Waals surface area contributed by atoms with Crippen LogP contribution in [0.5, 0.6) is 0 Å². The Hall–Kier alpha value is -0.870. The molecule has 1 atom stereocenters. The van der Waals surface area contributed by atoms with Crippen LogP contribution in [0.2, 0.25) is 5.15 Å². The fourth-order valence-electron chi connectivity index (χ4n) is 2.84. The Labute approximate surface area is 119 Å². The van der Waals surface area contributed by atoms with Crippen molar-refractivity contribution in [2.45, 2.75) is 51.5 Å². The molecule has 1 aliphatic heterocycles. The van der Waals surface area contributed by atoms with Crippen LogP contribution in [0.15, 0.2) is 6.33 Å². The minimum atomic E-state index is 0.261. The van der Waals surface area contributed by atoms with E-state index in [1.165, 1.54) is 12.8 Å². The molecule has 4 nitrogen and oxygen atoms in total. The largest absolute Gasteiger partial charge is 0.396 e. The van der Waals surface area contributed by atoms with Crippen LogP contribution in [0.3, 0.4) is 0 Å². The summed E-state index contributed by atoms with van der Waals surface area (Å²) in [5.41, 5.74) is 1.07. The van der Waals surface area contributed by atoms with Gasteiger partial charge >= 0.3 is 0 Å². The topological polar surface area (TPSA) is 49.2 Å². The third kappa shape index (κ3) is 3.37. The fourth-order valence-corrected chi connectivity index (χ4v) is 3.06. The van der Waals surface area contributed by atoms with Crippen LogP contribution in [-0.4, -0.2) is 34.3 Å². The normalized spacial score (nSPS) is 19.1. The lowest BCUT2D eigenvalue weighted by Gasteiger charge is -2.27. The zero-order valence-corrected chi connectivity index (χ0v) is 12.2. The molecule has 1 fully saturated rings. The van der Waals surface area contributed by atoms with E-state index in [1.54, 1.807) is 6.33 Å². The fraction of sp³-hybridized carbons (Fsp3) is 0.714. The number of aromatic nitrogens is 2. The zero-order valence-electron chi connectivity index (χ0n) is 11.5. The summed E-state index contributed by atoms with van der Waals surface area (Å²) in [4.78, 5) is 10.9. The smallest absolute Gasteiger partial charge is 0.137 e. The summed E-state index contributed by atoms with van der Waals surface area (Å²) in [7, 11) is 0. The molecule has 1 saturated heterocycles. The monoisotopic (exact) mass is 283 g/mol. The summed E-state index contributed by atoms with van der Waals surface area (Å²) in [5, 5.41) is 9.58. The van der Waals surface area contributed by atoms with Crippen molar-refractivity contribution in [3.05, 3.63) is 17.0 Å². The lowest BCUT2D eigenvalue weighted by atomic mass is 10.1. The molecule has 0 aromatic carbocycles. The van der Waals surface area contributed by atoms with Crippen molar-refractivity contribution in [2.75, 3.05) is 18.1 Å². The second-order valence-corrected chi connectivity index (χ2v) is 5.43. The van der Waals surface area contributed by atoms with Gasteiger partial charge in [0.05, 0.1) is 0 Å². The first-order valence-electron chi connectivity index (χ1n) is 7.14. The molecule has 1 unspecified atom stereocenters. The Morgan fingerprint density at radius 2 is 2.32 bits per heavy atom. The van der Waals surface area contributed by atoms with Crippen molar-refractivity contribution in [1.29, 1.82) is 0 Å². The third-order valence-corrected chi connectivity index (χ3v) is 4.04. The number of aliphatic hydroxyl groups is 1. The van der Waals surface area contributed by atoms with E-state index in [9.17, 15) is 0 Å². The highest BCUT2D eigenvalue weighted by atomic mass is 35.5. The highest BCUT2D eigenvalue weighted by Gasteiger charge is 2.27. The molecule has 2 heterocycles. The van der Waals surface area contributed by atoms with Gasteiger partial charge in [0.1, 0.15) is 17.3 Å². The van der Waals surface area contributed by atoms with Gasteiger partial charge < -0.3 is 10.0 Å². The number of hydrogen-bond acceptors (Lipinski definition) is 4. The van der Waals surface area contributed by atoms with Crippen LogP contribution in [0.1, 0.15) is 44.6 Å². The predicted molar refractivity (Wildman–Crippen MR) is 77.7 cm³/mol. The van der Waals surface area contributed by atoms with Crippen LogP contribution in [-0.2, 0) is 6.42 Å². The van der Waals surface area contributed by atoms with Crippen molar-refractivity contribution in [2.24, 2.45) is 0 Å². The van der Waals surface area contributed by atoms with Gasteiger partial charge in [-0.05, 0) is 32.1 Å². The summed E-state index contributed by atoms with van der Waals surface area (Å²) in [5.74, 6) is 1.00. The van der Waals surface area contributed by atoms with Crippen molar-refractivity contribution in [3.8, 4) is 0 Å². The third-order valence-electron chi connectivity index (χ3n) is 3.71. The Balaban J connectivity index is 2.22. The number of hydrogen-bond donors (Lipinski definition) is 1. The van der Waals surface area contributed by atoms with Crippen molar-refractivity contribution < 1.29 is 5.11 Å². The minimum Gasteiger partial charge on any atom is -0.396 e. The summed E-state index contributed by atoms with van der Waals surface area (Å²) in [6.07, 6.45) is 7.73. The van der Waals surface area contributed by atoms with E-state index in [2.05, 4.69) is 21.8 Å². The van der Waals surface area contributed by atoms with Crippen LogP contribution in [0.4, 0.5) is 5.82 Å². The van der Waals surface area contributed by atoms with E-state index >= 15 is 0 Å².